The fourth-order valence-corrected chi connectivity index (χ4v) is 6.72. The summed E-state index contributed by atoms with van der Waals surface area (Å²) in [6.07, 6.45) is 2.62. The minimum absolute atomic E-state index is 0.0465. The molecule has 37 heavy (non-hydrogen) atoms. The maximum atomic E-state index is 12.8. The van der Waals surface area contributed by atoms with E-state index in [0.29, 0.717) is 24.6 Å². The fourth-order valence-electron chi connectivity index (χ4n) is 5.05. The van der Waals surface area contributed by atoms with Crippen LogP contribution in [0.3, 0.4) is 0 Å². The molecule has 1 aromatic rings. The van der Waals surface area contributed by atoms with Crippen molar-refractivity contribution in [3.63, 3.8) is 0 Å². The molecule has 0 spiro atoms. The Hall–Kier alpha value is -1.40. The number of amides is 1. The molecule has 3 rings (SSSR count). The number of hydrogen-bond donors (Lipinski definition) is 0. The van der Waals surface area contributed by atoms with Crippen LogP contribution in [0.1, 0.15) is 44.1 Å². The molecule has 1 aliphatic heterocycles. The van der Waals surface area contributed by atoms with Crippen LogP contribution in [-0.2, 0) is 25.7 Å². The molecule has 2 aliphatic rings. The Morgan fingerprint density at radius 2 is 1.73 bits per heavy atom. The van der Waals surface area contributed by atoms with E-state index < -0.39 is 31.7 Å². The summed E-state index contributed by atoms with van der Waals surface area (Å²) in [5.74, 6) is 1.06. The smallest absolute Gasteiger partial charge is 0.370 e. The Morgan fingerprint density at radius 1 is 1.11 bits per heavy atom. The average molecular weight is 568 g/mol. The topological polar surface area (TPSA) is 70.2 Å². The third-order valence-corrected chi connectivity index (χ3v) is 9.70. The first kappa shape index (κ1) is 30.1. The van der Waals surface area contributed by atoms with Crippen LogP contribution in [0.25, 0.3) is 0 Å². The van der Waals surface area contributed by atoms with Crippen molar-refractivity contribution in [1.29, 1.82) is 0 Å². The van der Waals surface area contributed by atoms with E-state index in [2.05, 4.69) is 4.90 Å². The molecule has 7 nitrogen and oxygen atoms in total. The summed E-state index contributed by atoms with van der Waals surface area (Å²) < 4.78 is 70.3. The number of nitrogens with zero attached hydrogens (tertiary/aromatic N) is 3. The van der Waals surface area contributed by atoms with Gasteiger partial charge in [0.15, 0.2) is 0 Å². The summed E-state index contributed by atoms with van der Waals surface area (Å²) in [5, 5.41) is -0.510. The van der Waals surface area contributed by atoms with Crippen molar-refractivity contribution < 1.29 is 31.1 Å². The highest BCUT2D eigenvalue weighted by Crippen LogP contribution is 2.34. The predicted octanol–water partition coefficient (Wildman–Crippen LogP) is 4.36. The molecule has 1 amide bonds. The van der Waals surface area contributed by atoms with Gasteiger partial charge in [0, 0.05) is 33.7 Å². The van der Waals surface area contributed by atoms with Gasteiger partial charge in [-0.3, -0.25) is 4.79 Å². The predicted molar refractivity (Wildman–Crippen MR) is 136 cm³/mol. The van der Waals surface area contributed by atoms with Gasteiger partial charge in [-0.2, -0.15) is 17.5 Å². The van der Waals surface area contributed by atoms with Crippen LogP contribution in [0.4, 0.5) is 13.2 Å². The van der Waals surface area contributed by atoms with E-state index in [9.17, 15) is 26.4 Å². The molecule has 1 saturated heterocycles. The number of hydrogen-bond acceptors (Lipinski definition) is 5. The molecule has 0 bridgehead atoms. The standard InChI is InChI=1S/C25H37ClF3N3O4S/c1-30(16-19-5-7-20(8-6-19)17-32-11-3-4-12-32)24(33)18-36-14-13-31(2)37(34,35)23-10-9-21(15-22(23)26)25(27,28)29/h9-10,15,19-20H,3-8,11-14,16-18H2,1-2H3/t19-,20-. The third kappa shape index (κ3) is 8.54. The lowest BCUT2D eigenvalue weighted by Crippen LogP contribution is -2.37. The summed E-state index contributed by atoms with van der Waals surface area (Å²) in [4.78, 5) is 16.3. The molecule has 0 unspecified atom stereocenters. The molecule has 1 heterocycles. The van der Waals surface area contributed by atoms with Gasteiger partial charge in [-0.05, 0) is 81.6 Å². The highest BCUT2D eigenvalue weighted by molar-refractivity contribution is 7.89. The first-order chi connectivity index (χ1) is 17.4. The van der Waals surface area contributed by atoms with Crippen molar-refractivity contribution in [3.05, 3.63) is 28.8 Å². The van der Waals surface area contributed by atoms with Crippen LogP contribution in [0.15, 0.2) is 23.1 Å². The highest BCUT2D eigenvalue weighted by atomic mass is 35.5. The van der Waals surface area contributed by atoms with E-state index >= 15 is 0 Å². The zero-order valence-corrected chi connectivity index (χ0v) is 23.0. The number of halogens is 4. The van der Waals surface area contributed by atoms with Crippen LogP contribution >= 0.6 is 11.6 Å². The summed E-state index contributed by atoms with van der Waals surface area (Å²) in [7, 11) is -1.09. The molecular formula is C25H37ClF3N3O4S. The van der Waals surface area contributed by atoms with Gasteiger partial charge < -0.3 is 14.5 Å². The summed E-state index contributed by atoms with van der Waals surface area (Å²) in [5.41, 5.74) is -1.03. The molecule has 2 fully saturated rings. The van der Waals surface area contributed by atoms with Gasteiger partial charge in [0.05, 0.1) is 17.2 Å². The van der Waals surface area contributed by atoms with Gasteiger partial charge in [0.25, 0.3) is 0 Å². The Kier molecular flexibility index (Phi) is 10.7. The van der Waals surface area contributed by atoms with Gasteiger partial charge in [0.2, 0.25) is 15.9 Å². The monoisotopic (exact) mass is 567 g/mol. The number of rotatable bonds is 11. The van der Waals surface area contributed by atoms with Crippen LogP contribution in [-0.4, -0.2) is 88.5 Å². The number of benzene rings is 1. The Labute approximate surface area is 222 Å². The zero-order chi connectivity index (χ0) is 27.2. The number of alkyl halides is 3. The second kappa shape index (κ2) is 13.1. The van der Waals surface area contributed by atoms with Crippen LogP contribution in [0.2, 0.25) is 5.02 Å². The van der Waals surface area contributed by atoms with Gasteiger partial charge in [-0.15, -0.1) is 0 Å². The van der Waals surface area contributed by atoms with Crippen molar-refractivity contribution in [2.75, 3.05) is 60.0 Å². The number of sulfonamides is 1. The van der Waals surface area contributed by atoms with Crippen molar-refractivity contribution in [3.8, 4) is 0 Å². The quantitative estimate of drug-likeness (QED) is 0.372. The summed E-state index contributed by atoms with van der Waals surface area (Å²) in [6, 6.07) is 2.11. The molecule has 1 aromatic carbocycles. The largest absolute Gasteiger partial charge is 0.416 e. The minimum Gasteiger partial charge on any atom is -0.370 e. The van der Waals surface area contributed by atoms with Crippen molar-refractivity contribution >= 4 is 27.5 Å². The van der Waals surface area contributed by atoms with Gasteiger partial charge in [0.1, 0.15) is 11.5 Å². The lowest BCUT2D eigenvalue weighted by Gasteiger charge is -2.33. The van der Waals surface area contributed by atoms with Crippen LogP contribution in [0, 0.1) is 11.8 Å². The third-order valence-electron chi connectivity index (χ3n) is 7.36. The van der Waals surface area contributed by atoms with E-state index in [1.807, 2.05) is 0 Å². The number of carbonyl (C=O) groups is 1. The van der Waals surface area contributed by atoms with Crippen molar-refractivity contribution in [2.45, 2.75) is 49.6 Å². The minimum atomic E-state index is -4.63. The Morgan fingerprint density at radius 3 is 2.32 bits per heavy atom. The molecule has 0 atom stereocenters. The molecule has 0 aromatic heterocycles. The number of likely N-dealkylation sites (N-methyl/N-ethyl adjacent to an activating group) is 2. The van der Waals surface area contributed by atoms with Crippen LogP contribution < -0.4 is 0 Å². The number of likely N-dealkylation sites (tertiary alicyclic amines) is 1. The first-order valence-electron chi connectivity index (χ1n) is 12.7. The molecule has 0 N–H and O–H groups in total. The maximum Gasteiger partial charge on any atom is 0.416 e. The van der Waals surface area contributed by atoms with Crippen molar-refractivity contribution in [2.24, 2.45) is 11.8 Å². The summed E-state index contributed by atoms with van der Waals surface area (Å²) in [6.45, 7) is 4.02. The van der Waals surface area contributed by atoms with Gasteiger partial charge in [-0.25, -0.2) is 8.42 Å². The average Bonchev–Trinajstić information content (AvgIpc) is 3.35. The molecule has 1 saturated carbocycles. The molecule has 210 valence electrons. The molecular weight excluding hydrogens is 531 g/mol. The first-order valence-corrected chi connectivity index (χ1v) is 14.6. The Balaban J connectivity index is 1.37. The second-order valence-corrected chi connectivity index (χ2v) is 12.6. The van der Waals surface area contributed by atoms with Gasteiger partial charge >= 0.3 is 6.18 Å². The Bertz CT molecular complexity index is 1010. The fraction of sp³-hybridized carbons (Fsp3) is 0.720. The lowest BCUT2D eigenvalue weighted by atomic mass is 9.81. The normalized spacial score (nSPS) is 21.5. The lowest BCUT2D eigenvalue weighted by molar-refractivity contribution is -0.137. The second-order valence-electron chi connectivity index (χ2n) is 10.2. The van der Waals surface area contributed by atoms with E-state index in [-0.39, 0.29) is 25.7 Å². The van der Waals surface area contributed by atoms with E-state index in [0.717, 1.165) is 29.1 Å². The van der Waals surface area contributed by atoms with Crippen molar-refractivity contribution in [1.82, 2.24) is 14.1 Å². The number of ether oxygens (including phenoxy) is 1. The molecule has 12 heteroatoms. The van der Waals surface area contributed by atoms with E-state index in [1.165, 1.54) is 52.4 Å². The van der Waals surface area contributed by atoms with E-state index in [4.69, 9.17) is 16.3 Å². The zero-order valence-electron chi connectivity index (χ0n) is 21.5. The highest BCUT2D eigenvalue weighted by Gasteiger charge is 2.33. The van der Waals surface area contributed by atoms with E-state index in [1.54, 1.807) is 11.9 Å². The molecule has 1 aliphatic carbocycles. The maximum absolute atomic E-state index is 12.8. The molecule has 0 radical (unpaired) electrons. The van der Waals surface area contributed by atoms with Crippen LogP contribution in [0.5, 0.6) is 0 Å². The SMILES string of the molecule is CN(C[C@H]1CC[C@H](CN2CCCC2)CC1)C(=O)COCCN(C)S(=O)(=O)c1ccc(C(F)(F)F)cc1Cl. The number of carbonyl (C=O) groups excluding carboxylic acids is 1. The van der Waals surface area contributed by atoms with Gasteiger partial charge in [-0.1, -0.05) is 11.6 Å². The summed E-state index contributed by atoms with van der Waals surface area (Å²) >= 11 is 5.84.